The van der Waals surface area contributed by atoms with Crippen molar-refractivity contribution >= 4 is 5.82 Å². The second-order valence-corrected chi connectivity index (χ2v) is 3.51. The van der Waals surface area contributed by atoms with Gasteiger partial charge in [-0.3, -0.25) is 0 Å². The molecule has 1 aliphatic rings. The van der Waals surface area contributed by atoms with Crippen LogP contribution in [0, 0.1) is 0 Å². The van der Waals surface area contributed by atoms with Gasteiger partial charge in [0, 0.05) is 17.8 Å². The summed E-state index contributed by atoms with van der Waals surface area (Å²) in [5.41, 5.74) is 2.42. The molecule has 2 rings (SSSR count). The molecule has 0 fully saturated rings. The van der Waals surface area contributed by atoms with E-state index in [1.807, 2.05) is 0 Å². The van der Waals surface area contributed by atoms with Crippen molar-refractivity contribution in [3.05, 3.63) is 17.6 Å². The highest BCUT2D eigenvalue weighted by Crippen LogP contribution is 2.23. The first-order valence-electron chi connectivity index (χ1n) is 5.09. The molecular weight excluding hydrogens is 178 g/mol. The molecule has 1 heterocycles. The monoisotopic (exact) mass is 193 g/mol. The number of aliphatic hydroxyl groups excluding tert-OH is 1. The molecule has 4 nitrogen and oxygen atoms in total. The number of fused-ring (bicyclic) bond motifs is 1. The average molecular weight is 193 g/mol. The molecule has 2 N–H and O–H groups in total. The number of aromatic nitrogens is 2. The molecule has 0 spiro atoms. The second-order valence-electron chi connectivity index (χ2n) is 3.51. The Bertz CT molecular complexity index is 314. The molecule has 0 radical (unpaired) electrons. The van der Waals surface area contributed by atoms with Gasteiger partial charge >= 0.3 is 0 Å². The standard InChI is InChI=1S/C10H15N3O/c14-6-5-11-10-8-3-1-2-4-9(8)12-7-13-10/h7,14H,1-6H2,(H,11,12,13). The van der Waals surface area contributed by atoms with Crippen LogP contribution in [0.25, 0.3) is 0 Å². The van der Waals surface area contributed by atoms with E-state index < -0.39 is 0 Å². The van der Waals surface area contributed by atoms with E-state index in [1.165, 1.54) is 24.1 Å². The third kappa shape index (κ3) is 1.85. The van der Waals surface area contributed by atoms with E-state index in [0.717, 1.165) is 18.7 Å². The Kier molecular flexibility index (Phi) is 2.93. The van der Waals surface area contributed by atoms with Crippen molar-refractivity contribution < 1.29 is 5.11 Å². The van der Waals surface area contributed by atoms with Gasteiger partial charge in [0.2, 0.25) is 0 Å². The first kappa shape index (κ1) is 9.40. The normalized spacial score (nSPS) is 14.9. The molecule has 14 heavy (non-hydrogen) atoms. The predicted octanol–water partition coefficient (Wildman–Crippen LogP) is 0.760. The summed E-state index contributed by atoms with van der Waals surface area (Å²) in [5, 5.41) is 11.8. The van der Waals surface area contributed by atoms with Crippen molar-refractivity contribution in [3.63, 3.8) is 0 Å². The first-order chi connectivity index (χ1) is 6.92. The van der Waals surface area contributed by atoms with E-state index in [1.54, 1.807) is 6.33 Å². The summed E-state index contributed by atoms with van der Waals surface area (Å²) in [6.45, 7) is 0.697. The fourth-order valence-electron chi connectivity index (χ4n) is 1.85. The minimum atomic E-state index is 0.138. The van der Waals surface area contributed by atoms with Crippen LogP contribution in [-0.2, 0) is 12.8 Å². The summed E-state index contributed by atoms with van der Waals surface area (Å²) in [6, 6.07) is 0. The minimum absolute atomic E-state index is 0.138. The van der Waals surface area contributed by atoms with Crippen LogP contribution in [0.2, 0.25) is 0 Å². The number of aliphatic hydroxyl groups is 1. The molecule has 0 unspecified atom stereocenters. The topological polar surface area (TPSA) is 58.0 Å². The van der Waals surface area contributed by atoms with Gasteiger partial charge in [0.25, 0.3) is 0 Å². The quantitative estimate of drug-likeness (QED) is 0.744. The summed E-state index contributed by atoms with van der Waals surface area (Å²) in [5.74, 6) is 0.906. The van der Waals surface area contributed by atoms with Crippen molar-refractivity contribution in [3.8, 4) is 0 Å². The third-order valence-electron chi connectivity index (χ3n) is 2.53. The zero-order valence-electron chi connectivity index (χ0n) is 8.16. The van der Waals surface area contributed by atoms with Crippen LogP contribution < -0.4 is 5.32 Å². The van der Waals surface area contributed by atoms with Crippen LogP contribution in [0.3, 0.4) is 0 Å². The molecular formula is C10H15N3O. The van der Waals surface area contributed by atoms with E-state index in [2.05, 4.69) is 15.3 Å². The number of nitrogens with zero attached hydrogens (tertiary/aromatic N) is 2. The van der Waals surface area contributed by atoms with Gasteiger partial charge in [-0.1, -0.05) is 0 Å². The Morgan fingerprint density at radius 2 is 2.14 bits per heavy atom. The third-order valence-corrected chi connectivity index (χ3v) is 2.53. The van der Waals surface area contributed by atoms with Crippen molar-refractivity contribution in [2.75, 3.05) is 18.5 Å². The van der Waals surface area contributed by atoms with Crippen LogP contribution in [0.4, 0.5) is 5.82 Å². The SMILES string of the molecule is OCCNc1ncnc2c1CCCC2. The molecule has 0 amide bonds. The van der Waals surface area contributed by atoms with Crippen molar-refractivity contribution in [1.29, 1.82) is 0 Å². The van der Waals surface area contributed by atoms with Gasteiger partial charge in [-0.05, 0) is 25.7 Å². The maximum atomic E-state index is 8.73. The van der Waals surface area contributed by atoms with Crippen LogP contribution in [0.1, 0.15) is 24.1 Å². The molecule has 0 aliphatic heterocycles. The molecule has 1 aromatic heterocycles. The van der Waals surface area contributed by atoms with Gasteiger partial charge < -0.3 is 10.4 Å². The molecule has 1 aliphatic carbocycles. The molecule has 0 saturated carbocycles. The number of rotatable bonds is 3. The lowest BCUT2D eigenvalue weighted by atomic mass is 9.96. The lowest BCUT2D eigenvalue weighted by molar-refractivity contribution is 0.311. The summed E-state index contributed by atoms with van der Waals surface area (Å²) in [7, 11) is 0. The number of nitrogens with one attached hydrogen (secondary N) is 1. The number of anilines is 1. The molecule has 0 bridgehead atoms. The Labute approximate surface area is 83.4 Å². The van der Waals surface area contributed by atoms with E-state index in [4.69, 9.17) is 5.11 Å². The van der Waals surface area contributed by atoms with E-state index in [-0.39, 0.29) is 6.61 Å². The van der Waals surface area contributed by atoms with Gasteiger partial charge in [0.15, 0.2) is 0 Å². The zero-order chi connectivity index (χ0) is 9.80. The highest BCUT2D eigenvalue weighted by atomic mass is 16.3. The summed E-state index contributed by atoms with van der Waals surface area (Å²) >= 11 is 0. The van der Waals surface area contributed by atoms with E-state index in [9.17, 15) is 0 Å². The second kappa shape index (κ2) is 4.37. The Morgan fingerprint density at radius 3 is 3.00 bits per heavy atom. The molecule has 76 valence electrons. The minimum Gasteiger partial charge on any atom is -0.395 e. The predicted molar refractivity (Wildman–Crippen MR) is 54.2 cm³/mol. The Balaban J connectivity index is 2.21. The number of hydrogen-bond donors (Lipinski definition) is 2. The van der Waals surface area contributed by atoms with Crippen LogP contribution in [0.15, 0.2) is 6.33 Å². The fourth-order valence-corrected chi connectivity index (χ4v) is 1.85. The van der Waals surface area contributed by atoms with E-state index in [0.29, 0.717) is 6.54 Å². The lowest BCUT2D eigenvalue weighted by Crippen LogP contribution is -2.14. The van der Waals surface area contributed by atoms with Gasteiger partial charge in [-0.2, -0.15) is 0 Å². The zero-order valence-corrected chi connectivity index (χ0v) is 8.16. The summed E-state index contributed by atoms with van der Waals surface area (Å²) in [6.07, 6.45) is 6.16. The van der Waals surface area contributed by atoms with E-state index >= 15 is 0 Å². The Morgan fingerprint density at radius 1 is 1.29 bits per heavy atom. The van der Waals surface area contributed by atoms with Gasteiger partial charge in [0.1, 0.15) is 12.1 Å². The molecule has 1 aromatic rings. The highest BCUT2D eigenvalue weighted by Gasteiger charge is 2.14. The van der Waals surface area contributed by atoms with Crippen molar-refractivity contribution in [2.24, 2.45) is 0 Å². The smallest absolute Gasteiger partial charge is 0.132 e. The first-order valence-corrected chi connectivity index (χ1v) is 5.09. The average Bonchev–Trinajstić information content (AvgIpc) is 2.26. The van der Waals surface area contributed by atoms with Crippen LogP contribution >= 0.6 is 0 Å². The van der Waals surface area contributed by atoms with Crippen molar-refractivity contribution in [1.82, 2.24) is 9.97 Å². The Hall–Kier alpha value is -1.16. The van der Waals surface area contributed by atoms with Gasteiger partial charge in [-0.15, -0.1) is 0 Å². The molecule has 0 atom stereocenters. The maximum Gasteiger partial charge on any atom is 0.132 e. The number of hydrogen-bond acceptors (Lipinski definition) is 4. The summed E-state index contributed by atoms with van der Waals surface area (Å²) in [4.78, 5) is 8.47. The fraction of sp³-hybridized carbons (Fsp3) is 0.600. The van der Waals surface area contributed by atoms with Crippen molar-refractivity contribution in [2.45, 2.75) is 25.7 Å². The highest BCUT2D eigenvalue weighted by molar-refractivity contribution is 5.46. The molecule has 4 heteroatoms. The number of aryl methyl sites for hydroxylation is 1. The maximum absolute atomic E-state index is 8.73. The van der Waals surface area contributed by atoms with Crippen LogP contribution in [0.5, 0.6) is 0 Å². The lowest BCUT2D eigenvalue weighted by Gasteiger charge is -2.17. The summed E-state index contributed by atoms with van der Waals surface area (Å²) < 4.78 is 0. The van der Waals surface area contributed by atoms with Gasteiger partial charge in [-0.25, -0.2) is 9.97 Å². The largest absolute Gasteiger partial charge is 0.395 e. The molecule has 0 aromatic carbocycles. The molecule has 0 saturated heterocycles. The van der Waals surface area contributed by atoms with Crippen LogP contribution in [-0.4, -0.2) is 28.2 Å². The van der Waals surface area contributed by atoms with Gasteiger partial charge in [0.05, 0.1) is 6.61 Å².